The van der Waals surface area contributed by atoms with Crippen molar-refractivity contribution in [1.29, 1.82) is 0 Å². The molecule has 2 fully saturated rings. The number of hydrogen-bond donors (Lipinski definition) is 2. The maximum atomic E-state index is 12.4. The average Bonchev–Trinajstić information content (AvgIpc) is 2.87. The van der Waals surface area contributed by atoms with E-state index in [0.717, 1.165) is 19.3 Å². The van der Waals surface area contributed by atoms with Crippen LogP contribution in [-0.2, 0) is 9.59 Å². The number of nitrogens with one attached hydrogen (secondary N) is 1. The molecule has 0 aromatic heterocycles. The van der Waals surface area contributed by atoms with Crippen LogP contribution in [0.1, 0.15) is 33.1 Å². The van der Waals surface area contributed by atoms with Crippen LogP contribution in [0.2, 0.25) is 0 Å². The second-order valence-corrected chi connectivity index (χ2v) is 6.35. The molecule has 20 heavy (non-hydrogen) atoms. The zero-order chi connectivity index (χ0) is 14.2. The van der Waals surface area contributed by atoms with Gasteiger partial charge >= 0.3 is 0 Å². The normalized spacial score (nSPS) is 31.1. The summed E-state index contributed by atoms with van der Waals surface area (Å²) in [6, 6.07) is 0.0858. The molecule has 0 spiro atoms. The van der Waals surface area contributed by atoms with Crippen molar-refractivity contribution < 1.29 is 9.59 Å². The van der Waals surface area contributed by atoms with Crippen LogP contribution in [0, 0.1) is 17.8 Å². The van der Waals surface area contributed by atoms with Gasteiger partial charge in [-0.2, -0.15) is 0 Å². The zero-order valence-electron chi connectivity index (χ0n) is 12.5. The number of nitrogens with zero attached hydrogens (tertiary/aromatic N) is 1. The Balaban J connectivity index is 0.00000200. The fraction of sp³-hybridized carbons (Fsp3) is 0.857. The van der Waals surface area contributed by atoms with Crippen molar-refractivity contribution in [3.63, 3.8) is 0 Å². The predicted molar refractivity (Wildman–Crippen MR) is 80.5 cm³/mol. The van der Waals surface area contributed by atoms with Gasteiger partial charge in [0.25, 0.3) is 0 Å². The van der Waals surface area contributed by atoms with Crippen molar-refractivity contribution in [1.82, 2.24) is 10.2 Å². The van der Waals surface area contributed by atoms with Crippen molar-refractivity contribution in [3.05, 3.63) is 0 Å². The third-order valence-electron chi connectivity index (χ3n) is 4.47. The minimum atomic E-state index is -0.109. The summed E-state index contributed by atoms with van der Waals surface area (Å²) >= 11 is 0. The van der Waals surface area contributed by atoms with E-state index in [1.807, 2.05) is 13.8 Å². The summed E-state index contributed by atoms with van der Waals surface area (Å²) in [5, 5.41) is 2.80. The maximum Gasteiger partial charge on any atom is 0.239 e. The van der Waals surface area contributed by atoms with Gasteiger partial charge in [0.05, 0.1) is 12.5 Å². The van der Waals surface area contributed by atoms with Gasteiger partial charge in [0.1, 0.15) is 0 Å². The summed E-state index contributed by atoms with van der Waals surface area (Å²) in [4.78, 5) is 25.7. The largest absolute Gasteiger partial charge is 0.352 e. The van der Waals surface area contributed by atoms with Crippen LogP contribution in [0.25, 0.3) is 0 Å². The molecule has 0 aliphatic heterocycles. The quantitative estimate of drug-likeness (QED) is 0.805. The van der Waals surface area contributed by atoms with E-state index in [1.54, 1.807) is 7.05 Å². The van der Waals surface area contributed by atoms with Gasteiger partial charge in [-0.3, -0.25) is 9.59 Å². The number of carbonyl (C=O) groups excluding carboxylic acids is 2. The van der Waals surface area contributed by atoms with Gasteiger partial charge in [0.15, 0.2) is 0 Å². The van der Waals surface area contributed by atoms with E-state index in [2.05, 4.69) is 5.32 Å². The molecule has 2 aliphatic rings. The molecule has 4 atom stereocenters. The van der Waals surface area contributed by atoms with E-state index in [-0.39, 0.29) is 48.8 Å². The molecule has 2 rings (SSSR count). The lowest BCUT2D eigenvalue weighted by Gasteiger charge is -2.30. The molecule has 2 aliphatic carbocycles. The maximum absolute atomic E-state index is 12.4. The second kappa shape index (κ2) is 6.76. The van der Waals surface area contributed by atoms with Gasteiger partial charge in [0, 0.05) is 19.1 Å². The van der Waals surface area contributed by atoms with E-state index in [1.165, 1.54) is 4.90 Å². The Morgan fingerprint density at radius 3 is 2.40 bits per heavy atom. The van der Waals surface area contributed by atoms with Crippen LogP contribution < -0.4 is 11.1 Å². The zero-order valence-corrected chi connectivity index (χ0v) is 13.3. The van der Waals surface area contributed by atoms with Gasteiger partial charge in [-0.05, 0) is 44.9 Å². The molecule has 5 nitrogen and oxygen atoms in total. The molecule has 0 aromatic rings. The minimum Gasteiger partial charge on any atom is -0.352 e. The molecular formula is C14H26ClN3O2. The van der Waals surface area contributed by atoms with Crippen LogP contribution in [0.15, 0.2) is 0 Å². The number of halogens is 1. The molecule has 0 aromatic carbocycles. The minimum absolute atomic E-state index is 0. The lowest BCUT2D eigenvalue weighted by molar-refractivity contribution is -0.140. The summed E-state index contributed by atoms with van der Waals surface area (Å²) in [5.74, 6) is 0.803. The molecule has 4 unspecified atom stereocenters. The first-order valence-electron chi connectivity index (χ1n) is 7.20. The second-order valence-electron chi connectivity index (χ2n) is 6.35. The fourth-order valence-corrected chi connectivity index (χ4v) is 3.62. The van der Waals surface area contributed by atoms with Gasteiger partial charge in [0.2, 0.25) is 11.8 Å². The van der Waals surface area contributed by atoms with Crippen LogP contribution in [-0.4, -0.2) is 42.4 Å². The Morgan fingerprint density at radius 2 is 1.90 bits per heavy atom. The van der Waals surface area contributed by atoms with Gasteiger partial charge in [-0.25, -0.2) is 0 Å². The summed E-state index contributed by atoms with van der Waals surface area (Å²) < 4.78 is 0. The van der Waals surface area contributed by atoms with E-state index in [4.69, 9.17) is 5.73 Å². The van der Waals surface area contributed by atoms with Crippen molar-refractivity contribution in [3.8, 4) is 0 Å². The van der Waals surface area contributed by atoms with E-state index in [9.17, 15) is 9.59 Å². The number of fused-ring (bicyclic) bond motifs is 2. The summed E-state index contributed by atoms with van der Waals surface area (Å²) in [5.41, 5.74) is 6.17. The molecular weight excluding hydrogens is 278 g/mol. The highest BCUT2D eigenvalue weighted by molar-refractivity contribution is 5.86. The van der Waals surface area contributed by atoms with E-state index in [0.29, 0.717) is 11.8 Å². The smallest absolute Gasteiger partial charge is 0.239 e. The van der Waals surface area contributed by atoms with Gasteiger partial charge in [-0.1, -0.05) is 0 Å². The SMILES string of the molecule is CC(C)NC(=O)CN(C)C(=O)C1C2CCC(C2)C1N.Cl. The highest BCUT2D eigenvalue weighted by atomic mass is 35.5. The standard InChI is InChI=1S/C14H25N3O2.ClH/c1-8(2)16-11(18)7-17(3)14(19)12-9-4-5-10(6-9)13(12)15;/h8-10,12-13H,4-7,15H2,1-3H3,(H,16,18);1H. The molecule has 116 valence electrons. The van der Waals surface area contributed by atoms with Crippen molar-refractivity contribution in [2.24, 2.45) is 23.5 Å². The lowest BCUT2D eigenvalue weighted by atomic mass is 9.84. The van der Waals surface area contributed by atoms with Crippen LogP contribution in [0.3, 0.4) is 0 Å². The van der Waals surface area contributed by atoms with Crippen LogP contribution >= 0.6 is 12.4 Å². The highest BCUT2D eigenvalue weighted by Gasteiger charge is 2.49. The molecule has 2 saturated carbocycles. The lowest BCUT2D eigenvalue weighted by Crippen LogP contribution is -2.48. The number of nitrogens with two attached hydrogens (primary N) is 1. The van der Waals surface area contributed by atoms with Gasteiger partial charge in [-0.15, -0.1) is 12.4 Å². The Kier molecular flexibility index (Phi) is 5.83. The summed E-state index contributed by atoms with van der Waals surface area (Å²) in [6.07, 6.45) is 3.36. The van der Waals surface area contributed by atoms with Crippen LogP contribution in [0.5, 0.6) is 0 Å². The molecule has 0 radical (unpaired) electrons. The Morgan fingerprint density at radius 1 is 1.30 bits per heavy atom. The third-order valence-corrected chi connectivity index (χ3v) is 4.47. The number of likely N-dealkylation sites (N-methyl/N-ethyl adjacent to an activating group) is 1. The first-order valence-corrected chi connectivity index (χ1v) is 7.20. The monoisotopic (exact) mass is 303 g/mol. The molecule has 0 heterocycles. The van der Waals surface area contributed by atoms with E-state index < -0.39 is 0 Å². The Bertz CT molecular complexity index is 373. The molecule has 2 amide bonds. The molecule has 3 N–H and O–H groups in total. The van der Waals surface area contributed by atoms with Crippen LogP contribution in [0.4, 0.5) is 0 Å². The molecule has 2 bridgehead atoms. The first kappa shape index (κ1) is 17.2. The first-order chi connectivity index (χ1) is 8.90. The van der Waals surface area contributed by atoms with Crippen molar-refractivity contribution >= 4 is 24.2 Å². The molecule has 0 saturated heterocycles. The van der Waals surface area contributed by atoms with Crippen molar-refractivity contribution in [2.45, 2.75) is 45.2 Å². The number of hydrogen-bond acceptors (Lipinski definition) is 3. The summed E-state index contributed by atoms with van der Waals surface area (Å²) in [6.45, 7) is 3.94. The average molecular weight is 304 g/mol. The van der Waals surface area contributed by atoms with Gasteiger partial charge < -0.3 is 16.0 Å². The number of rotatable bonds is 4. The topological polar surface area (TPSA) is 75.4 Å². The predicted octanol–water partition coefficient (Wildman–Crippen LogP) is 0.765. The molecule has 6 heteroatoms. The number of carbonyl (C=O) groups is 2. The summed E-state index contributed by atoms with van der Waals surface area (Å²) in [7, 11) is 1.70. The fourth-order valence-electron chi connectivity index (χ4n) is 3.62. The number of amides is 2. The van der Waals surface area contributed by atoms with E-state index >= 15 is 0 Å². The third kappa shape index (κ3) is 3.44. The Labute approximate surface area is 127 Å². The van der Waals surface area contributed by atoms with Crippen molar-refractivity contribution in [2.75, 3.05) is 13.6 Å². The highest BCUT2D eigenvalue weighted by Crippen LogP contribution is 2.48. The Hall–Kier alpha value is -0.810.